The maximum Gasteiger partial charge on any atom is 0.319 e. The number of carbonyl (C=O) groups excluding carboxylic acids is 1. The number of anilines is 1. The average molecular weight is 308 g/mol. The zero-order valence-corrected chi connectivity index (χ0v) is 12.0. The fourth-order valence-electron chi connectivity index (χ4n) is 1.93. The van der Waals surface area contributed by atoms with Crippen LogP contribution in [0, 0.1) is 0 Å². The Labute approximate surface area is 126 Å². The third-order valence-electron chi connectivity index (χ3n) is 2.82. The molecule has 0 aliphatic carbocycles. The quantitative estimate of drug-likeness (QED) is 0.810. The number of urea groups is 1. The summed E-state index contributed by atoms with van der Waals surface area (Å²) in [5.74, 6) is -0.971. The number of hydrogen-bond donors (Lipinski definition) is 3. The molecule has 0 bridgehead atoms. The van der Waals surface area contributed by atoms with Crippen molar-refractivity contribution in [1.29, 1.82) is 0 Å². The van der Waals surface area contributed by atoms with Gasteiger partial charge in [-0.1, -0.05) is 11.6 Å². The first-order valence-corrected chi connectivity index (χ1v) is 6.67. The topological polar surface area (TPSA) is 91.3 Å². The van der Waals surface area contributed by atoms with Crippen LogP contribution in [0.2, 0.25) is 5.02 Å². The number of rotatable bonds is 4. The number of carboxylic acids is 1. The zero-order valence-electron chi connectivity index (χ0n) is 11.3. The van der Waals surface area contributed by atoms with E-state index in [0.29, 0.717) is 16.2 Å². The van der Waals surface area contributed by atoms with Gasteiger partial charge in [-0.2, -0.15) is 0 Å². The molecule has 0 aliphatic heterocycles. The Morgan fingerprint density at radius 1 is 1.38 bits per heavy atom. The number of carboxylic acid groups (broad SMARTS) is 1. The van der Waals surface area contributed by atoms with E-state index in [4.69, 9.17) is 16.7 Å². The van der Waals surface area contributed by atoms with Crippen molar-refractivity contribution in [3.8, 4) is 0 Å². The number of hydrogen-bond acceptors (Lipinski definition) is 3. The molecule has 1 atom stereocenters. The van der Waals surface area contributed by atoms with E-state index in [9.17, 15) is 9.59 Å². The Kier molecular flexibility index (Phi) is 4.59. The molecule has 0 spiro atoms. The van der Waals surface area contributed by atoms with Gasteiger partial charge in [-0.15, -0.1) is 0 Å². The fourth-order valence-corrected chi connectivity index (χ4v) is 2.15. The molecule has 2 amide bonds. The Hall–Kier alpha value is -2.34. The first kappa shape index (κ1) is 15.1. The Balaban J connectivity index is 2.15. The van der Waals surface area contributed by atoms with E-state index in [-0.39, 0.29) is 6.42 Å². The van der Waals surface area contributed by atoms with Crippen LogP contribution in [0.15, 0.2) is 30.5 Å². The van der Waals surface area contributed by atoms with Gasteiger partial charge in [-0.25, -0.2) is 4.79 Å². The summed E-state index contributed by atoms with van der Waals surface area (Å²) >= 11 is 6.07. The molecule has 0 saturated carbocycles. The van der Waals surface area contributed by atoms with Crippen LogP contribution < -0.4 is 10.6 Å². The van der Waals surface area contributed by atoms with Gasteiger partial charge < -0.3 is 15.7 Å². The van der Waals surface area contributed by atoms with Crippen molar-refractivity contribution in [2.24, 2.45) is 0 Å². The van der Waals surface area contributed by atoms with Gasteiger partial charge in [0.2, 0.25) is 0 Å². The van der Waals surface area contributed by atoms with Crippen LogP contribution in [-0.2, 0) is 4.79 Å². The van der Waals surface area contributed by atoms with Crippen LogP contribution in [0.5, 0.6) is 0 Å². The number of nitrogens with one attached hydrogen (secondary N) is 2. The molecule has 7 heteroatoms. The standard InChI is InChI=1S/C14H14ClN3O3/c1-8(7-12(19)20)17-14(21)18-11-5-4-10(15)9-3-2-6-16-13(9)11/h2-6,8H,7H2,1H3,(H,19,20)(H2,17,18,21). The monoisotopic (exact) mass is 307 g/mol. The lowest BCUT2D eigenvalue weighted by molar-refractivity contribution is -0.137. The molecule has 1 unspecified atom stereocenters. The van der Waals surface area contributed by atoms with Crippen LogP contribution >= 0.6 is 11.6 Å². The highest BCUT2D eigenvalue weighted by Crippen LogP contribution is 2.27. The predicted octanol–water partition coefficient (Wildman–Crippen LogP) is 2.87. The normalized spacial score (nSPS) is 11.9. The highest BCUT2D eigenvalue weighted by Gasteiger charge is 2.13. The number of amides is 2. The molecule has 6 nitrogen and oxygen atoms in total. The molecule has 0 radical (unpaired) electrons. The fraction of sp³-hybridized carbons (Fsp3) is 0.214. The number of carbonyl (C=O) groups is 2. The second kappa shape index (κ2) is 6.41. The van der Waals surface area contributed by atoms with Crippen molar-refractivity contribution < 1.29 is 14.7 Å². The van der Waals surface area contributed by atoms with E-state index in [2.05, 4.69) is 15.6 Å². The second-order valence-corrected chi connectivity index (χ2v) is 5.00. The minimum absolute atomic E-state index is 0.146. The van der Waals surface area contributed by atoms with E-state index in [1.54, 1.807) is 37.4 Å². The minimum atomic E-state index is -0.971. The van der Waals surface area contributed by atoms with E-state index >= 15 is 0 Å². The van der Waals surface area contributed by atoms with Crippen LogP contribution in [0.25, 0.3) is 10.9 Å². The molecule has 1 heterocycles. The van der Waals surface area contributed by atoms with E-state index in [0.717, 1.165) is 5.39 Å². The molecule has 21 heavy (non-hydrogen) atoms. The summed E-state index contributed by atoms with van der Waals surface area (Å²) in [6, 6.07) is 5.92. The highest BCUT2D eigenvalue weighted by molar-refractivity contribution is 6.35. The zero-order chi connectivity index (χ0) is 15.4. The summed E-state index contributed by atoms with van der Waals surface area (Å²) in [5.41, 5.74) is 1.08. The van der Waals surface area contributed by atoms with Crippen LogP contribution in [0.3, 0.4) is 0 Å². The summed E-state index contributed by atoms with van der Waals surface area (Å²) in [6.45, 7) is 1.62. The van der Waals surface area contributed by atoms with Crippen molar-refractivity contribution in [1.82, 2.24) is 10.3 Å². The van der Waals surface area contributed by atoms with Gasteiger partial charge in [-0.3, -0.25) is 9.78 Å². The molecule has 1 aromatic carbocycles. The predicted molar refractivity (Wildman–Crippen MR) is 80.6 cm³/mol. The molecular formula is C14H14ClN3O3. The van der Waals surface area contributed by atoms with Gasteiger partial charge in [0.15, 0.2) is 0 Å². The summed E-state index contributed by atoms with van der Waals surface area (Å²) in [6.07, 6.45) is 1.46. The van der Waals surface area contributed by atoms with Crippen LogP contribution in [0.1, 0.15) is 13.3 Å². The molecule has 0 aliphatic rings. The molecule has 0 saturated heterocycles. The van der Waals surface area contributed by atoms with Gasteiger partial charge in [-0.05, 0) is 31.2 Å². The molecule has 0 fully saturated rings. The average Bonchev–Trinajstić information content (AvgIpc) is 2.41. The van der Waals surface area contributed by atoms with Crippen molar-refractivity contribution in [2.45, 2.75) is 19.4 Å². The van der Waals surface area contributed by atoms with Gasteiger partial charge in [0.25, 0.3) is 0 Å². The maximum atomic E-state index is 11.9. The lowest BCUT2D eigenvalue weighted by Crippen LogP contribution is -2.37. The smallest absolute Gasteiger partial charge is 0.319 e. The third-order valence-corrected chi connectivity index (χ3v) is 3.15. The van der Waals surface area contributed by atoms with E-state index in [1.165, 1.54) is 0 Å². The minimum Gasteiger partial charge on any atom is -0.481 e. The SMILES string of the molecule is CC(CC(=O)O)NC(=O)Nc1ccc(Cl)c2cccnc12. The molecule has 2 aromatic rings. The molecular weight excluding hydrogens is 294 g/mol. The van der Waals surface area contributed by atoms with Gasteiger partial charge in [0.05, 0.1) is 22.6 Å². The van der Waals surface area contributed by atoms with E-state index < -0.39 is 18.0 Å². The summed E-state index contributed by atoms with van der Waals surface area (Å²) < 4.78 is 0. The van der Waals surface area contributed by atoms with Crippen molar-refractivity contribution in [3.05, 3.63) is 35.5 Å². The van der Waals surface area contributed by atoms with Crippen LogP contribution in [-0.4, -0.2) is 28.1 Å². The Morgan fingerprint density at radius 2 is 2.14 bits per heavy atom. The largest absolute Gasteiger partial charge is 0.481 e. The number of pyridine rings is 1. The Bertz CT molecular complexity index is 690. The number of aromatic nitrogens is 1. The van der Waals surface area contributed by atoms with Crippen LogP contribution in [0.4, 0.5) is 10.5 Å². The van der Waals surface area contributed by atoms with Crippen molar-refractivity contribution >= 4 is 40.2 Å². The van der Waals surface area contributed by atoms with Gasteiger partial charge >= 0.3 is 12.0 Å². The molecule has 1 aromatic heterocycles. The first-order chi connectivity index (χ1) is 9.97. The molecule has 110 valence electrons. The summed E-state index contributed by atoms with van der Waals surface area (Å²) in [7, 11) is 0. The molecule has 3 N–H and O–H groups in total. The lowest BCUT2D eigenvalue weighted by atomic mass is 10.2. The number of fused-ring (bicyclic) bond motifs is 1. The first-order valence-electron chi connectivity index (χ1n) is 6.30. The van der Waals surface area contributed by atoms with Crippen molar-refractivity contribution in [2.75, 3.05) is 5.32 Å². The van der Waals surface area contributed by atoms with Gasteiger partial charge in [0, 0.05) is 17.6 Å². The summed E-state index contributed by atoms with van der Waals surface area (Å²) in [4.78, 5) is 26.6. The number of nitrogens with zero attached hydrogens (tertiary/aromatic N) is 1. The second-order valence-electron chi connectivity index (χ2n) is 4.59. The third kappa shape index (κ3) is 3.82. The van der Waals surface area contributed by atoms with Gasteiger partial charge in [0.1, 0.15) is 0 Å². The maximum absolute atomic E-state index is 11.9. The Morgan fingerprint density at radius 3 is 2.86 bits per heavy atom. The van der Waals surface area contributed by atoms with Crippen molar-refractivity contribution in [3.63, 3.8) is 0 Å². The summed E-state index contributed by atoms with van der Waals surface area (Å²) in [5, 5.41) is 15.1. The van der Waals surface area contributed by atoms with E-state index in [1.807, 2.05) is 0 Å². The number of benzene rings is 1. The number of aliphatic carboxylic acids is 1. The lowest BCUT2D eigenvalue weighted by Gasteiger charge is -2.13. The number of halogens is 1. The highest BCUT2D eigenvalue weighted by atomic mass is 35.5. The molecule has 2 rings (SSSR count).